The summed E-state index contributed by atoms with van der Waals surface area (Å²) in [5.74, 6) is -0.267. The smallest absolute Gasteiger partial charge is 0.261 e. The van der Waals surface area contributed by atoms with Crippen molar-refractivity contribution in [3.8, 4) is 5.75 Å². The Balaban J connectivity index is 2.24. The molecule has 2 aromatic carbocycles. The maximum atomic E-state index is 13.0. The molecule has 2 atom stereocenters. The topological polar surface area (TPSA) is 58.6 Å². The number of hydrogen-bond acceptors (Lipinski definition) is 3. The second kappa shape index (κ2) is 11.4. The van der Waals surface area contributed by atoms with Crippen LogP contribution in [0, 0.1) is 0 Å². The Morgan fingerprint density at radius 1 is 1.00 bits per heavy atom. The number of carbonyl (C=O) groups is 2. The summed E-state index contributed by atoms with van der Waals surface area (Å²) in [7, 11) is 0. The summed E-state index contributed by atoms with van der Waals surface area (Å²) in [6.45, 7) is 5.32. The van der Waals surface area contributed by atoms with Gasteiger partial charge in [0.15, 0.2) is 6.61 Å². The zero-order valence-corrected chi connectivity index (χ0v) is 19.4. The molecule has 1 N–H and O–H groups in total. The molecule has 0 heterocycles. The monoisotopic (exact) mass is 470 g/mol. The van der Waals surface area contributed by atoms with E-state index < -0.39 is 11.9 Å². The van der Waals surface area contributed by atoms with Crippen LogP contribution in [-0.4, -0.2) is 35.4 Å². The first-order valence-electron chi connectivity index (χ1n) is 9.64. The quantitative estimate of drug-likeness (QED) is 0.536. The van der Waals surface area contributed by atoms with Crippen LogP contribution in [0.4, 0.5) is 0 Å². The molecular weight excluding hydrogens is 447 g/mol. The van der Waals surface area contributed by atoms with Gasteiger partial charge in [-0.2, -0.15) is 0 Å². The van der Waals surface area contributed by atoms with Crippen LogP contribution in [-0.2, 0) is 16.1 Å². The average Bonchev–Trinajstić information content (AvgIpc) is 2.72. The summed E-state index contributed by atoms with van der Waals surface area (Å²) in [6.07, 6.45) is 0.776. The van der Waals surface area contributed by atoms with E-state index in [4.69, 9.17) is 39.5 Å². The Morgan fingerprint density at radius 3 is 2.20 bits per heavy atom. The van der Waals surface area contributed by atoms with Gasteiger partial charge < -0.3 is 15.0 Å². The van der Waals surface area contributed by atoms with Gasteiger partial charge in [0.25, 0.3) is 5.91 Å². The van der Waals surface area contributed by atoms with Crippen LogP contribution in [0.5, 0.6) is 5.75 Å². The minimum absolute atomic E-state index is 0.0137. The largest absolute Gasteiger partial charge is 0.482 e. The lowest BCUT2D eigenvalue weighted by atomic mass is 10.1. The summed E-state index contributed by atoms with van der Waals surface area (Å²) < 4.78 is 5.59. The van der Waals surface area contributed by atoms with Crippen LogP contribution < -0.4 is 10.1 Å². The Hall–Kier alpha value is -1.95. The van der Waals surface area contributed by atoms with Crippen molar-refractivity contribution in [3.63, 3.8) is 0 Å². The fourth-order valence-electron chi connectivity index (χ4n) is 2.69. The number of hydrogen-bond donors (Lipinski definition) is 1. The second-order valence-electron chi connectivity index (χ2n) is 6.93. The van der Waals surface area contributed by atoms with Crippen molar-refractivity contribution in [2.45, 2.75) is 45.8 Å². The highest BCUT2D eigenvalue weighted by atomic mass is 35.5. The first kappa shape index (κ1) is 24.3. The number of halogens is 3. The van der Waals surface area contributed by atoms with E-state index in [-0.39, 0.29) is 25.1 Å². The van der Waals surface area contributed by atoms with E-state index in [0.29, 0.717) is 26.4 Å². The van der Waals surface area contributed by atoms with Crippen molar-refractivity contribution in [1.29, 1.82) is 0 Å². The van der Waals surface area contributed by atoms with Gasteiger partial charge in [-0.1, -0.05) is 59.9 Å². The first-order chi connectivity index (χ1) is 14.2. The summed E-state index contributed by atoms with van der Waals surface area (Å²) in [5.41, 5.74) is 0.565. The van der Waals surface area contributed by atoms with E-state index in [1.165, 1.54) is 4.90 Å². The summed E-state index contributed by atoms with van der Waals surface area (Å²) >= 11 is 18.7. The van der Waals surface area contributed by atoms with Gasteiger partial charge in [-0.15, -0.1) is 0 Å². The van der Waals surface area contributed by atoms with Gasteiger partial charge in [-0.05, 0) is 44.5 Å². The molecule has 0 aliphatic carbocycles. The average molecular weight is 472 g/mol. The molecule has 0 aromatic heterocycles. The van der Waals surface area contributed by atoms with Crippen molar-refractivity contribution in [2.75, 3.05) is 6.61 Å². The Kier molecular flexibility index (Phi) is 9.28. The number of para-hydroxylation sites is 1. The lowest BCUT2D eigenvalue weighted by molar-refractivity contribution is -0.142. The molecule has 0 aliphatic rings. The van der Waals surface area contributed by atoms with Crippen molar-refractivity contribution in [2.24, 2.45) is 0 Å². The van der Waals surface area contributed by atoms with Gasteiger partial charge in [0.05, 0.1) is 5.02 Å². The van der Waals surface area contributed by atoms with Gasteiger partial charge in [0.2, 0.25) is 5.91 Å². The van der Waals surface area contributed by atoms with Gasteiger partial charge in [0, 0.05) is 28.2 Å². The maximum absolute atomic E-state index is 13.0. The zero-order valence-electron chi connectivity index (χ0n) is 17.1. The summed E-state index contributed by atoms with van der Waals surface area (Å²) in [5, 5.41) is 4.14. The molecule has 0 saturated carbocycles. The van der Waals surface area contributed by atoms with E-state index in [2.05, 4.69) is 5.32 Å². The molecule has 2 rings (SSSR count). The molecule has 0 unspecified atom stereocenters. The lowest BCUT2D eigenvalue weighted by Crippen LogP contribution is -2.50. The second-order valence-corrected chi connectivity index (χ2v) is 8.16. The SMILES string of the molecule is CC[C@H](C)NC(=O)[C@H](C)N(Cc1c(Cl)cccc1Cl)C(=O)COc1ccccc1Cl. The van der Waals surface area contributed by atoms with Crippen LogP contribution in [0.2, 0.25) is 15.1 Å². The molecule has 0 aliphatic heterocycles. The normalized spacial score (nSPS) is 12.7. The Bertz CT molecular complexity index is 871. The minimum Gasteiger partial charge on any atom is -0.482 e. The third-order valence-electron chi connectivity index (χ3n) is 4.75. The number of benzene rings is 2. The van der Waals surface area contributed by atoms with Crippen LogP contribution in [0.15, 0.2) is 42.5 Å². The van der Waals surface area contributed by atoms with Gasteiger partial charge in [-0.25, -0.2) is 0 Å². The highest BCUT2D eigenvalue weighted by Crippen LogP contribution is 2.27. The molecule has 0 saturated heterocycles. The number of nitrogens with zero attached hydrogens (tertiary/aromatic N) is 1. The zero-order chi connectivity index (χ0) is 22.3. The third-order valence-corrected chi connectivity index (χ3v) is 5.77. The van der Waals surface area contributed by atoms with Crippen molar-refractivity contribution < 1.29 is 14.3 Å². The van der Waals surface area contributed by atoms with E-state index in [9.17, 15) is 9.59 Å². The summed E-state index contributed by atoms with van der Waals surface area (Å²) in [4.78, 5) is 27.2. The molecule has 0 fully saturated rings. The molecule has 8 heteroatoms. The number of nitrogens with one attached hydrogen (secondary N) is 1. The predicted molar refractivity (Wildman–Crippen MR) is 121 cm³/mol. The molecule has 30 heavy (non-hydrogen) atoms. The number of rotatable bonds is 9. The minimum atomic E-state index is -0.756. The number of amides is 2. The molecule has 162 valence electrons. The Morgan fingerprint density at radius 2 is 1.60 bits per heavy atom. The molecule has 0 radical (unpaired) electrons. The molecule has 0 bridgehead atoms. The molecule has 0 spiro atoms. The van der Waals surface area contributed by atoms with E-state index in [1.807, 2.05) is 13.8 Å². The highest BCUT2D eigenvalue weighted by Gasteiger charge is 2.28. The fraction of sp³-hybridized carbons (Fsp3) is 0.364. The van der Waals surface area contributed by atoms with Crippen molar-refractivity contribution in [1.82, 2.24) is 10.2 Å². The van der Waals surface area contributed by atoms with Crippen LogP contribution in [0.1, 0.15) is 32.8 Å². The number of carbonyl (C=O) groups excluding carboxylic acids is 2. The maximum Gasteiger partial charge on any atom is 0.261 e. The lowest BCUT2D eigenvalue weighted by Gasteiger charge is -2.30. The Labute approximate surface area is 192 Å². The third kappa shape index (κ3) is 6.53. The van der Waals surface area contributed by atoms with Crippen LogP contribution >= 0.6 is 34.8 Å². The first-order valence-corrected chi connectivity index (χ1v) is 10.8. The molecule has 2 aromatic rings. The fourth-order valence-corrected chi connectivity index (χ4v) is 3.39. The highest BCUT2D eigenvalue weighted by molar-refractivity contribution is 6.36. The number of ether oxygens (including phenoxy) is 1. The predicted octanol–water partition coefficient (Wildman–Crippen LogP) is 5.36. The van der Waals surface area contributed by atoms with Gasteiger partial charge in [-0.3, -0.25) is 9.59 Å². The standard InChI is InChI=1S/C22H25Cl3N2O3/c1-4-14(2)26-22(29)15(3)27(12-16-17(23)9-7-10-18(16)24)21(28)13-30-20-11-6-5-8-19(20)25/h5-11,14-15H,4,12-13H2,1-3H3,(H,26,29)/t14-,15-/m0/s1. The van der Waals surface area contributed by atoms with Gasteiger partial charge >= 0.3 is 0 Å². The van der Waals surface area contributed by atoms with Crippen molar-refractivity contribution in [3.05, 3.63) is 63.1 Å². The summed E-state index contributed by atoms with van der Waals surface area (Å²) in [6, 6.07) is 11.2. The van der Waals surface area contributed by atoms with E-state index in [0.717, 1.165) is 6.42 Å². The van der Waals surface area contributed by atoms with E-state index in [1.54, 1.807) is 49.4 Å². The van der Waals surface area contributed by atoms with Crippen molar-refractivity contribution >= 4 is 46.6 Å². The van der Waals surface area contributed by atoms with Crippen LogP contribution in [0.3, 0.4) is 0 Å². The van der Waals surface area contributed by atoms with Crippen LogP contribution in [0.25, 0.3) is 0 Å². The van der Waals surface area contributed by atoms with E-state index >= 15 is 0 Å². The molecule has 2 amide bonds. The molecule has 5 nitrogen and oxygen atoms in total. The van der Waals surface area contributed by atoms with Gasteiger partial charge in [0.1, 0.15) is 11.8 Å². The molecular formula is C22H25Cl3N2O3.